The quantitative estimate of drug-likeness (QED) is 0.275. The molecule has 2 aromatic heterocycles. The maximum Gasteiger partial charge on any atom is 0.252 e. The molecule has 1 unspecified atom stereocenters. The summed E-state index contributed by atoms with van der Waals surface area (Å²) >= 11 is 12.2. The lowest BCUT2D eigenvalue weighted by atomic mass is 10.0. The Morgan fingerprint density at radius 1 is 0.944 bits per heavy atom. The maximum absolute atomic E-state index is 14.1. The second kappa shape index (κ2) is 11.6. The van der Waals surface area contributed by atoms with Crippen molar-refractivity contribution < 1.29 is 9.59 Å². The Morgan fingerprint density at radius 2 is 1.64 bits per heavy atom. The fourth-order valence-corrected chi connectivity index (χ4v) is 4.55. The summed E-state index contributed by atoms with van der Waals surface area (Å²) in [5.41, 5.74) is 3.10. The van der Waals surface area contributed by atoms with Crippen LogP contribution >= 0.6 is 23.2 Å². The predicted molar refractivity (Wildman–Crippen MR) is 144 cm³/mol. The normalized spacial score (nSPS) is 11.9. The van der Waals surface area contributed by atoms with E-state index in [0.717, 1.165) is 18.4 Å². The molecule has 8 heteroatoms. The average molecular weight is 523 g/mol. The van der Waals surface area contributed by atoms with Crippen LogP contribution in [0.3, 0.4) is 0 Å². The van der Waals surface area contributed by atoms with E-state index in [1.54, 1.807) is 17.0 Å². The van der Waals surface area contributed by atoms with Crippen molar-refractivity contribution in [3.63, 3.8) is 0 Å². The molecule has 0 aliphatic heterocycles. The fourth-order valence-electron chi connectivity index (χ4n) is 4.25. The highest BCUT2D eigenvalue weighted by Gasteiger charge is 2.33. The minimum atomic E-state index is -0.974. The van der Waals surface area contributed by atoms with Gasteiger partial charge in [0.05, 0.1) is 21.4 Å². The van der Waals surface area contributed by atoms with E-state index in [-0.39, 0.29) is 10.9 Å². The van der Waals surface area contributed by atoms with Crippen LogP contribution in [0.5, 0.6) is 0 Å². The van der Waals surface area contributed by atoms with E-state index in [4.69, 9.17) is 28.2 Å². The first-order chi connectivity index (χ1) is 17.4. The summed E-state index contributed by atoms with van der Waals surface area (Å²) in [6.07, 6.45) is 3.47. The lowest BCUT2D eigenvalue weighted by Gasteiger charge is -2.28. The second-order valence-electron chi connectivity index (χ2n) is 8.50. The number of hydrogen-bond donors (Lipinski definition) is 1. The first kappa shape index (κ1) is 25.7. The van der Waals surface area contributed by atoms with E-state index in [0.29, 0.717) is 40.7 Å². The molecule has 0 bridgehead atoms. The number of fused-ring (bicyclic) bond motifs is 1. The van der Waals surface area contributed by atoms with Gasteiger partial charge in [-0.3, -0.25) is 9.59 Å². The fraction of sp³-hybridized carbons (Fsp3) is 0.250. The van der Waals surface area contributed by atoms with Gasteiger partial charge in [-0.1, -0.05) is 73.4 Å². The van der Waals surface area contributed by atoms with Crippen molar-refractivity contribution in [1.82, 2.24) is 19.6 Å². The first-order valence-corrected chi connectivity index (χ1v) is 12.8. The molecular formula is C28H28Cl2N4O2. The summed E-state index contributed by atoms with van der Waals surface area (Å²) in [7, 11) is 0. The summed E-state index contributed by atoms with van der Waals surface area (Å²) in [5.74, 6) is -0.611. The van der Waals surface area contributed by atoms with Crippen molar-refractivity contribution in [1.29, 1.82) is 0 Å². The molecule has 4 rings (SSSR count). The standard InChI is InChI=1S/C28H28Cl2N4O2/c1-3-15-33(16-4-2)28(36)25(32-27(35)20-13-14-21(29)22(30)18-20)26-24(19-10-6-5-7-11-19)31-23-12-8-9-17-34(23)26/h5-14,17-18,25H,3-4,15-16H2,1-2H3,(H,32,35). The summed E-state index contributed by atoms with van der Waals surface area (Å²) in [6.45, 7) is 5.23. The van der Waals surface area contributed by atoms with Crippen LogP contribution in [0.15, 0.2) is 72.9 Å². The molecule has 6 nitrogen and oxygen atoms in total. The Hall–Kier alpha value is -3.35. The molecule has 0 aliphatic carbocycles. The predicted octanol–water partition coefficient (Wildman–Crippen LogP) is 6.43. The van der Waals surface area contributed by atoms with E-state index in [1.165, 1.54) is 6.07 Å². The van der Waals surface area contributed by atoms with Crippen LogP contribution in [0, 0.1) is 0 Å². The highest BCUT2D eigenvalue weighted by Crippen LogP contribution is 2.31. The van der Waals surface area contributed by atoms with Gasteiger partial charge >= 0.3 is 0 Å². The van der Waals surface area contributed by atoms with E-state index >= 15 is 0 Å². The maximum atomic E-state index is 14.1. The minimum Gasteiger partial charge on any atom is -0.341 e. The van der Waals surface area contributed by atoms with Gasteiger partial charge in [-0.25, -0.2) is 4.98 Å². The number of benzene rings is 2. The molecule has 1 N–H and O–H groups in total. The third-order valence-electron chi connectivity index (χ3n) is 5.89. The number of hydrogen-bond acceptors (Lipinski definition) is 3. The largest absolute Gasteiger partial charge is 0.341 e. The molecule has 2 aromatic carbocycles. The van der Waals surface area contributed by atoms with Crippen molar-refractivity contribution in [2.24, 2.45) is 0 Å². The van der Waals surface area contributed by atoms with Gasteiger partial charge in [0, 0.05) is 30.4 Å². The SMILES string of the molecule is CCCN(CCC)C(=O)C(NC(=O)c1ccc(Cl)c(Cl)c1)c1c(-c2ccccc2)nc2ccccn12. The van der Waals surface area contributed by atoms with Crippen molar-refractivity contribution in [2.75, 3.05) is 13.1 Å². The number of carbonyl (C=O) groups is 2. The zero-order chi connectivity index (χ0) is 25.7. The smallest absolute Gasteiger partial charge is 0.252 e. The third kappa shape index (κ3) is 5.40. The Balaban J connectivity index is 1.87. The molecule has 0 aliphatic rings. The number of rotatable bonds is 9. The van der Waals surface area contributed by atoms with Gasteiger partial charge in [0.2, 0.25) is 0 Å². The summed E-state index contributed by atoms with van der Waals surface area (Å²) in [4.78, 5) is 34.1. The first-order valence-electron chi connectivity index (χ1n) is 12.0. The number of pyridine rings is 1. The summed E-state index contributed by atoms with van der Waals surface area (Å²) < 4.78 is 1.87. The van der Waals surface area contributed by atoms with Crippen molar-refractivity contribution in [2.45, 2.75) is 32.7 Å². The minimum absolute atomic E-state index is 0.185. The Bertz CT molecular complexity index is 1360. The van der Waals surface area contributed by atoms with Gasteiger partial charge in [0.1, 0.15) is 5.65 Å². The van der Waals surface area contributed by atoms with Gasteiger partial charge in [-0.15, -0.1) is 0 Å². The molecule has 186 valence electrons. The lowest BCUT2D eigenvalue weighted by molar-refractivity contribution is -0.133. The summed E-state index contributed by atoms with van der Waals surface area (Å²) in [5, 5.41) is 3.61. The van der Waals surface area contributed by atoms with Crippen LogP contribution in [0.4, 0.5) is 0 Å². The molecule has 0 saturated heterocycles. The molecule has 2 amide bonds. The van der Waals surface area contributed by atoms with Crippen LogP contribution in [0.1, 0.15) is 48.8 Å². The monoisotopic (exact) mass is 522 g/mol. The van der Waals surface area contributed by atoms with Gasteiger partial charge in [-0.2, -0.15) is 0 Å². The molecule has 4 aromatic rings. The Kier molecular flexibility index (Phi) is 8.28. The molecule has 0 radical (unpaired) electrons. The molecular weight excluding hydrogens is 495 g/mol. The molecule has 0 fully saturated rings. The van der Waals surface area contributed by atoms with Crippen molar-refractivity contribution in [3.8, 4) is 11.3 Å². The highest BCUT2D eigenvalue weighted by molar-refractivity contribution is 6.42. The average Bonchev–Trinajstić information content (AvgIpc) is 3.28. The Labute approximate surface area is 220 Å². The number of halogens is 2. The van der Waals surface area contributed by atoms with Gasteiger partial charge < -0.3 is 14.6 Å². The molecule has 1 atom stereocenters. The number of aromatic nitrogens is 2. The molecule has 0 spiro atoms. The van der Waals surface area contributed by atoms with Gasteiger partial charge in [-0.05, 0) is 43.2 Å². The van der Waals surface area contributed by atoms with Crippen LogP contribution in [0.25, 0.3) is 16.9 Å². The number of nitrogens with one attached hydrogen (secondary N) is 1. The molecule has 2 heterocycles. The van der Waals surface area contributed by atoms with E-state index < -0.39 is 11.9 Å². The van der Waals surface area contributed by atoms with E-state index in [1.807, 2.05) is 73.0 Å². The Morgan fingerprint density at radius 3 is 2.31 bits per heavy atom. The molecule has 0 saturated carbocycles. The number of carbonyl (C=O) groups excluding carboxylic acids is 2. The summed E-state index contributed by atoms with van der Waals surface area (Å²) in [6, 6.07) is 19.0. The van der Waals surface area contributed by atoms with Gasteiger partial charge in [0.15, 0.2) is 6.04 Å². The van der Waals surface area contributed by atoms with E-state index in [9.17, 15) is 9.59 Å². The van der Waals surface area contributed by atoms with Crippen molar-refractivity contribution >= 4 is 40.7 Å². The molecule has 36 heavy (non-hydrogen) atoms. The van der Waals surface area contributed by atoms with Crippen LogP contribution in [0.2, 0.25) is 10.0 Å². The topological polar surface area (TPSA) is 66.7 Å². The number of amides is 2. The second-order valence-corrected chi connectivity index (χ2v) is 9.32. The zero-order valence-electron chi connectivity index (χ0n) is 20.2. The number of nitrogens with zero attached hydrogens (tertiary/aromatic N) is 3. The lowest BCUT2D eigenvalue weighted by Crippen LogP contribution is -2.44. The van der Waals surface area contributed by atoms with E-state index in [2.05, 4.69) is 5.32 Å². The third-order valence-corrected chi connectivity index (χ3v) is 6.63. The zero-order valence-corrected chi connectivity index (χ0v) is 21.8. The van der Waals surface area contributed by atoms with Crippen LogP contribution in [-0.2, 0) is 4.79 Å². The highest BCUT2D eigenvalue weighted by atomic mass is 35.5. The van der Waals surface area contributed by atoms with Crippen LogP contribution in [-0.4, -0.2) is 39.2 Å². The van der Waals surface area contributed by atoms with Gasteiger partial charge in [0.25, 0.3) is 11.8 Å². The van der Waals surface area contributed by atoms with Crippen molar-refractivity contribution in [3.05, 3.63) is 94.2 Å². The van der Waals surface area contributed by atoms with Crippen LogP contribution < -0.4 is 5.32 Å². The number of imidazole rings is 1.